The van der Waals surface area contributed by atoms with E-state index < -0.39 is 15.6 Å². The minimum Gasteiger partial charge on any atom is -0.325 e. The lowest BCUT2D eigenvalue weighted by Crippen LogP contribution is -3.15. The zero-order valence-corrected chi connectivity index (χ0v) is 15.8. The Kier molecular flexibility index (Phi) is 5.65. The fraction of sp³-hybridized carbons (Fsp3) is 0.600. The minimum absolute atomic E-state index is 0.105. The molecule has 0 saturated carbocycles. The molecule has 1 aromatic rings. The highest BCUT2D eigenvalue weighted by Gasteiger charge is 2.34. The Morgan fingerprint density at radius 2 is 2.08 bits per heavy atom. The zero-order valence-electron chi connectivity index (χ0n) is 14.2. The van der Waals surface area contributed by atoms with Crippen molar-refractivity contribution in [1.82, 2.24) is 9.21 Å². The van der Waals surface area contributed by atoms with Crippen LogP contribution >= 0.6 is 11.3 Å². The third-order valence-corrected chi connectivity index (χ3v) is 7.68. The Morgan fingerprint density at radius 1 is 1.46 bits per heavy atom. The number of rotatable bonds is 5. The average molecular weight is 372 g/mol. The highest BCUT2D eigenvalue weighted by Crippen LogP contribution is 2.20. The van der Waals surface area contributed by atoms with Gasteiger partial charge in [-0.2, -0.15) is 9.57 Å². The lowest BCUT2D eigenvalue weighted by molar-refractivity contribution is -0.896. The van der Waals surface area contributed by atoms with Crippen LogP contribution in [0, 0.1) is 11.3 Å². The van der Waals surface area contributed by atoms with Gasteiger partial charge in [-0.1, -0.05) is 6.07 Å². The van der Waals surface area contributed by atoms with Crippen molar-refractivity contribution < 1.29 is 18.1 Å². The van der Waals surface area contributed by atoms with E-state index >= 15 is 0 Å². The molecular weight excluding hydrogens is 348 g/mol. The SMILES string of the molecule is CN(C(=O)C[NH+]1CCN(S(=O)(=O)c2cccs2)CC1)C(C)(C)C#N. The quantitative estimate of drug-likeness (QED) is 0.749. The Bertz CT molecular complexity index is 714. The topological polar surface area (TPSA) is 85.9 Å². The van der Waals surface area contributed by atoms with Crippen LogP contribution in [0.4, 0.5) is 0 Å². The number of nitrogens with one attached hydrogen (secondary N) is 1. The van der Waals surface area contributed by atoms with Gasteiger partial charge >= 0.3 is 0 Å². The van der Waals surface area contributed by atoms with Crippen LogP contribution in [0.1, 0.15) is 13.8 Å². The standard InChI is InChI=1S/C15H22N4O3S2/c1-15(2,12-16)17(3)13(20)11-18-6-8-19(9-7-18)24(21,22)14-5-4-10-23-14/h4-5,10H,6-9,11H2,1-3H3/p+1. The Hall–Kier alpha value is -1.47. The third kappa shape index (κ3) is 3.95. The van der Waals surface area contributed by atoms with Gasteiger partial charge in [0.05, 0.1) is 32.2 Å². The molecule has 1 aliphatic heterocycles. The normalized spacial score (nSPS) is 17.4. The fourth-order valence-electron chi connectivity index (χ4n) is 2.48. The molecule has 1 saturated heterocycles. The molecule has 7 nitrogen and oxygen atoms in total. The van der Waals surface area contributed by atoms with Crippen LogP contribution in [-0.2, 0) is 14.8 Å². The number of carbonyl (C=O) groups excluding carboxylic acids is 1. The fourth-order valence-corrected chi connectivity index (χ4v) is 5.06. The summed E-state index contributed by atoms with van der Waals surface area (Å²) < 4.78 is 26.8. The number of quaternary nitrogens is 1. The first-order valence-corrected chi connectivity index (χ1v) is 10.1. The van der Waals surface area contributed by atoms with Crippen LogP contribution in [0.3, 0.4) is 0 Å². The maximum Gasteiger partial charge on any atom is 0.278 e. The molecule has 1 fully saturated rings. The summed E-state index contributed by atoms with van der Waals surface area (Å²) in [5.74, 6) is -0.105. The molecule has 132 valence electrons. The second-order valence-corrected chi connectivity index (χ2v) is 9.50. The Labute approximate surface area is 147 Å². The van der Waals surface area contributed by atoms with Gasteiger partial charge in [0.1, 0.15) is 9.75 Å². The van der Waals surface area contributed by atoms with E-state index in [0.29, 0.717) is 30.4 Å². The van der Waals surface area contributed by atoms with Crippen LogP contribution < -0.4 is 4.90 Å². The first kappa shape index (κ1) is 18.9. The number of likely N-dealkylation sites (N-methyl/N-ethyl adjacent to an activating group) is 1. The number of nitriles is 1. The van der Waals surface area contributed by atoms with Crippen molar-refractivity contribution in [1.29, 1.82) is 5.26 Å². The van der Waals surface area contributed by atoms with E-state index in [1.165, 1.54) is 20.5 Å². The summed E-state index contributed by atoms with van der Waals surface area (Å²) in [4.78, 5) is 14.8. The number of thiophene rings is 1. The molecule has 0 unspecified atom stereocenters. The van der Waals surface area contributed by atoms with E-state index in [4.69, 9.17) is 5.26 Å². The monoisotopic (exact) mass is 371 g/mol. The van der Waals surface area contributed by atoms with Gasteiger partial charge in [0, 0.05) is 7.05 Å². The molecule has 1 amide bonds. The number of amides is 1. The van der Waals surface area contributed by atoms with Gasteiger partial charge in [0.2, 0.25) is 0 Å². The lowest BCUT2D eigenvalue weighted by Gasteiger charge is -2.33. The summed E-state index contributed by atoms with van der Waals surface area (Å²) in [6.07, 6.45) is 0. The highest BCUT2D eigenvalue weighted by atomic mass is 32.2. The smallest absolute Gasteiger partial charge is 0.278 e. The third-order valence-electron chi connectivity index (χ3n) is 4.41. The molecule has 24 heavy (non-hydrogen) atoms. The molecule has 2 rings (SSSR count). The van der Waals surface area contributed by atoms with Crippen molar-refractivity contribution in [2.75, 3.05) is 39.8 Å². The second kappa shape index (κ2) is 7.19. The van der Waals surface area contributed by atoms with Gasteiger partial charge in [-0.05, 0) is 25.3 Å². The first-order valence-electron chi connectivity index (χ1n) is 7.73. The van der Waals surface area contributed by atoms with E-state index in [2.05, 4.69) is 6.07 Å². The van der Waals surface area contributed by atoms with Crippen LogP contribution in [-0.4, -0.2) is 68.8 Å². The number of piperazine rings is 1. The van der Waals surface area contributed by atoms with Crippen molar-refractivity contribution in [3.05, 3.63) is 17.5 Å². The van der Waals surface area contributed by atoms with Crippen LogP contribution in [0.5, 0.6) is 0 Å². The van der Waals surface area contributed by atoms with E-state index in [-0.39, 0.29) is 12.5 Å². The number of hydrogen-bond acceptors (Lipinski definition) is 5. The summed E-state index contributed by atoms with van der Waals surface area (Å²) >= 11 is 1.22. The maximum atomic E-state index is 12.5. The molecule has 0 spiro atoms. The maximum absolute atomic E-state index is 12.5. The minimum atomic E-state index is -3.41. The number of nitrogens with zero attached hydrogens (tertiary/aromatic N) is 3. The number of hydrogen-bond donors (Lipinski definition) is 1. The second-order valence-electron chi connectivity index (χ2n) is 6.39. The van der Waals surface area contributed by atoms with Gasteiger partial charge in [-0.15, -0.1) is 11.3 Å². The number of sulfonamides is 1. The zero-order chi connectivity index (χ0) is 18.0. The molecule has 0 radical (unpaired) electrons. The Balaban J connectivity index is 1.92. The van der Waals surface area contributed by atoms with Gasteiger partial charge in [0.15, 0.2) is 6.54 Å². The van der Waals surface area contributed by atoms with Crippen molar-refractivity contribution in [2.24, 2.45) is 0 Å². The summed E-state index contributed by atoms with van der Waals surface area (Å²) in [7, 11) is -1.79. The molecule has 1 aliphatic rings. The van der Waals surface area contributed by atoms with Crippen LogP contribution in [0.25, 0.3) is 0 Å². The first-order chi connectivity index (χ1) is 11.2. The number of carbonyl (C=O) groups is 1. The highest BCUT2D eigenvalue weighted by molar-refractivity contribution is 7.91. The lowest BCUT2D eigenvalue weighted by atomic mass is 10.1. The van der Waals surface area contributed by atoms with E-state index in [9.17, 15) is 13.2 Å². The van der Waals surface area contributed by atoms with Crippen molar-refractivity contribution >= 4 is 27.3 Å². The van der Waals surface area contributed by atoms with Gasteiger partial charge in [0.25, 0.3) is 15.9 Å². The van der Waals surface area contributed by atoms with E-state index in [1.807, 2.05) is 0 Å². The predicted molar refractivity (Wildman–Crippen MR) is 91.1 cm³/mol. The summed E-state index contributed by atoms with van der Waals surface area (Å²) in [5, 5.41) is 10.9. The van der Waals surface area contributed by atoms with Crippen molar-refractivity contribution in [3.63, 3.8) is 0 Å². The largest absolute Gasteiger partial charge is 0.325 e. The average Bonchev–Trinajstić information content (AvgIpc) is 3.09. The van der Waals surface area contributed by atoms with Crippen LogP contribution in [0.2, 0.25) is 0 Å². The molecule has 0 atom stereocenters. The molecule has 1 N–H and O–H groups in total. The molecule has 1 aromatic heterocycles. The van der Waals surface area contributed by atoms with Gasteiger partial charge < -0.3 is 9.80 Å². The predicted octanol–water partition coefficient (Wildman–Crippen LogP) is -0.602. The van der Waals surface area contributed by atoms with Crippen molar-refractivity contribution in [3.8, 4) is 6.07 Å². The van der Waals surface area contributed by atoms with Crippen molar-refractivity contribution in [2.45, 2.75) is 23.6 Å². The molecular formula is C15H23N4O3S2+. The van der Waals surface area contributed by atoms with E-state index in [0.717, 1.165) is 4.90 Å². The van der Waals surface area contributed by atoms with Gasteiger partial charge in [-0.25, -0.2) is 8.42 Å². The Morgan fingerprint density at radius 3 is 2.58 bits per heavy atom. The molecule has 0 aromatic carbocycles. The summed E-state index contributed by atoms with van der Waals surface area (Å²) in [5.41, 5.74) is -0.846. The molecule has 9 heteroatoms. The summed E-state index contributed by atoms with van der Waals surface area (Å²) in [6.45, 7) is 5.63. The van der Waals surface area contributed by atoms with E-state index in [1.54, 1.807) is 38.4 Å². The molecule has 0 aliphatic carbocycles. The molecule has 0 bridgehead atoms. The molecule has 2 heterocycles. The summed E-state index contributed by atoms with van der Waals surface area (Å²) in [6, 6.07) is 5.45. The van der Waals surface area contributed by atoms with Crippen LogP contribution in [0.15, 0.2) is 21.7 Å². The van der Waals surface area contributed by atoms with Gasteiger partial charge in [-0.3, -0.25) is 4.79 Å².